The normalized spacial score (nSPS) is 15.7. The number of benzene rings is 1. The van der Waals surface area contributed by atoms with E-state index in [1.165, 1.54) is 19.2 Å². The molecule has 0 bridgehead atoms. The fraction of sp³-hybridized carbons (Fsp3) is 0.294. The Labute approximate surface area is 155 Å². The summed E-state index contributed by atoms with van der Waals surface area (Å²) in [6, 6.07) is 4.27. The van der Waals surface area contributed by atoms with Crippen LogP contribution in [0, 0.1) is 0 Å². The van der Waals surface area contributed by atoms with Gasteiger partial charge in [-0.1, -0.05) is 0 Å². The van der Waals surface area contributed by atoms with Crippen LogP contribution in [-0.4, -0.2) is 35.7 Å². The summed E-state index contributed by atoms with van der Waals surface area (Å²) in [5.74, 6) is -2.04. The van der Waals surface area contributed by atoms with E-state index in [0.29, 0.717) is 17.4 Å². The van der Waals surface area contributed by atoms with Crippen molar-refractivity contribution in [3.8, 4) is 11.5 Å². The van der Waals surface area contributed by atoms with Crippen LogP contribution in [0.15, 0.2) is 23.6 Å². The number of hydrogen-bond donors (Lipinski definition) is 2. The molecule has 10 heteroatoms. The molecule has 2 N–H and O–H groups in total. The van der Waals surface area contributed by atoms with Crippen molar-refractivity contribution < 1.29 is 37.3 Å². The quantitative estimate of drug-likeness (QED) is 0.826. The highest BCUT2D eigenvalue weighted by atomic mass is 32.1. The minimum Gasteiger partial charge on any atom is -0.493 e. The van der Waals surface area contributed by atoms with Gasteiger partial charge in [0.25, 0.3) is 5.91 Å². The van der Waals surface area contributed by atoms with Crippen LogP contribution in [0.1, 0.15) is 27.7 Å². The lowest BCUT2D eigenvalue weighted by atomic mass is 10.0. The zero-order chi connectivity index (χ0) is 20.0. The lowest BCUT2D eigenvalue weighted by molar-refractivity contribution is -0.242. The van der Waals surface area contributed by atoms with Crippen LogP contribution in [0.2, 0.25) is 0 Å². The number of ether oxygens (including phenoxy) is 2. The van der Waals surface area contributed by atoms with Crippen molar-refractivity contribution in [3.63, 3.8) is 0 Å². The molecule has 0 aliphatic carbocycles. The molecule has 2 heterocycles. The largest absolute Gasteiger partial charge is 0.493 e. The Kier molecular flexibility index (Phi) is 4.64. The van der Waals surface area contributed by atoms with Gasteiger partial charge >= 0.3 is 6.18 Å². The first-order valence-corrected chi connectivity index (χ1v) is 8.51. The van der Waals surface area contributed by atoms with Gasteiger partial charge in [0.15, 0.2) is 11.5 Å². The molecule has 1 aliphatic rings. The van der Waals surface area contributed by atoms with Crippen LogP contribution in [-0.2, 0) is 11.4 Å². The first kappa shape index (κ1) is 19.2. The highest BCUT2D eigenvalue weighted by Gasteiger charge is 2.56. The number of halogens is 3. The summed E-state index contributed by atoms with van der Waals surface area (Å²) in [5, 5.41) is 13.2. The van der Waals surface area contributed by atoms with Gasteiger partial charge in [-0.2, -0.15) is 13.2 Å². The molecule has 3 rings (SSSR count). The Morgan fingerprint density at radius 3 is 2.67 bits per heavy atom. The van der Waals surface area contributed by atoms with E-state index in [4.69, 9.17) is 9.47 Å². The molecule has 1 aromatic heterocycles. The van der Waals surface area contributed by atoms with E-state index < -0.39 is 23.5 Å². The van der Waals surface area contributed by atoms with Gasteiger partial charge in [0.1, 0.15) is 6.61 Å². The Bertz CT molecular complexity index is 920. The number of anilines is 1. The number of hydrogen-bond acceptors (Lipinski definition) is 6. The van der Waals surface area contributed by atoms with Crippen molar-refractivity contribution >= 4 is 28.7 Å². The first-order valence-electron chi connectivity index (χ1n) is 7.63. The van der Waals surface area contributed by atoms with Gasteiger partial charge in [0, 0.05) is 5.56 Å². The number of amides is 1. The molecule has 1 unspecified atom stereocenters. The Hall–Kier alpha value is -2.59. The SMILES string of the molecule is COc1ccc(NC(=O)C(C)(O)C(F)(F)F)c2c1OCc1ccsc1C2=O. The summed E-state index contributed by atoms with van der Waals surface area (Å²) in [4.78, 5) is 25.3. The van der Waals surface area contributed by atoms with Crippen LogP contribution in [0.25, 0.3) is 0 Å². The molecule has 1 amide bonds. The summed E-state index contributed by atoms with van der Waals surface area (Å²) in [6.45, 7) is 0.395. The molecular weight excluding hydrogens is 387 g/mol. The molecule has 2 aromatic rings. The Balaban J connectivity index is 2.09. The average Bonchev–Trinajstić information content (AvgIpc) is 3.01. The number of aliphatic hydroxyl groups is 1. The minimum absolute atomic E-state index is 0.00958. The minimum atomic E-state index is -5.19. The number of carbonyl (C=O) groups is 2. The van der Waals surface area contributed by atoms with E-state index in [1.54, 1.807) is 11.4 Å². The van der Waals surface area contributed by atoms with Crippen molar-refractivity contribution in [2.75, 3.05) is 12.4 Å². The smallest absolute Gasteiger partial charge is 0.426 e. The van der Waals surface area contributed by atoms with Crippen LogP contribution in [0.4, 0.5) is 18.9 Å². The second-order valence-electron chi connectivity index (χ2n) is 5.94. The zero-order valence-electron chi connectivity index (χ0n) is 14.1. The van der Waals surface area contributed by atoms with Gasteiger partial charge in [-0.25, -0.2) is 0 Å². The number of rotatable bonds is 3. The van der Waals surface area contributed by atoms with Gasteiger partial charge in [-0.15, -0.1) is 11.3 Å². The van der Waals surface area contributed by atoms with Crippen molar-refractivity contribution in [2.45, 2.75) is 25.3 Å². The van der Waals surface area contributed by atoms with Crippen LogP contribution < -0.4 is 14.8 Å². The lowest BCUT2D eigenvalue weighted by Gasteiger charge is -2.25. The summed E-state index contributed by atoms with van der Waals surface area (Å²) in [6.07, 6.45) is -5.19. The van der Waals surface area contributed by atoms with E-state index in [0.717, 1.165) is 11.3 Å². The molecule has 1 aliphatic heterocycles. The van der Waals surface area contributed by atoms with Crippen molar-refractivity contribution in [1.82, 2.24) is 0 Å². The van der Waals surface area contributed by atoms with Gasteiger partial charge in [0.2, 0.25) is 11.4 Å². The number of nitrogens with one attached hydrogen (secondary N) is 1. The van der Waals surface area contributed by atoms with Crippen LogP contribution >= 0.6 is 11.3 Å². The van der Waals surface area contributed by atoms with Crippen LogP contribution in [0.3, 0.4) is 0 Å². The third-order valence-corrected chi connectivity index (χ3v) is 5.09. The van der Waals surface area contributed by atoms with Crippen molar-refractivity contribution in [1.29, 1.82) is 0 Å². The van der Waals surface area contributed by atoms with Crippen molar-refractivity contribution in [2.24, 2.45) is 0 Å². The van der Waals surface area contributed by atoms with Gasteiger partial charge in [0.05, 0.1) is 23.2 Å². The second kappa shape index (κ2) is 6.54. The topological polar surface area (TPSA) is 84.9 Å². The van der Waals surface area contributed by atoms with E-state index in [9.17, 15) is 27.9 Å². The zero-order valence-corrected chi connectivity index (χ0v) is 15.0. The number of alkyl halides is 3. The second-order valence-corrected chi connectivity index (χ2v) is 6.85. The van der Waals surface area contributed by atoms with E-state index in [-0.39, 0.29) is 29.4 Å². The summed E-state index contributed by atoms with van der Waals surface area (Å²) >= 11 is 1.15. The highest BCUT2D eigenvalue weighted by molar-refractivity contribution is 7.12. The molecule has 0 saturated heterocycles. The molecule has 27 heavy (non-hydrogen) atoms. The standard InChI is InChI=1S/C17H14F3NO5S/c1-16(24,17(18,19)20)15(23)21-9-3-4-10(25-2)13-11(9)12(22)14-8(7-26-13)5-6-27-14/h3-6,24H,7H2,1-2H3,(H,21,23). The van der Waals surface area contributed by atoms with Gasteiger partial charge < -0.3 is 19.9 Å². The first-order chi connectivity index (χ1) is 12.6. The number of methoxy groups -OCH3 is 1. The molecule has 144 valence electrons. The molecule has 1 atom stereocenters. The van der Waals surface area contributed by atoms with E-state index in [1.807, 2.05) is 5.32 Å². The lowest BCUT2D eigenvalue weighted by Crippen LogP contribution is -2.52. The Morgan fingerprint density at radius 2 is 2.04 bits per heavy atom. The highest BCUT2D eigenvalue weighted by Crippen LogP contribution is 2.42. The molecule has 0 radical (unpaired) electrons. The van der Waals surface area contributed by atoms with Gasteiger partial charge in [-0.3, -0.25) is 9.59 Å². The monoisotopic (exact) mass is 401 g/mol. The average molecular weight is 401 g/mol. The molecular formula is C17H14F3NO5S. The van der Waals surface area contributed by atoms with Crippen molar-refractivity contribution in [3.05, 3.63) is 39.6 Å². The molecule has 6 nitrogen and oxygen atoms in total. The fourth-order valence-electron chi connectivity index (χ4n) is 2.48. The summed E-state index contributed by atoms with van der Waals surface area (Å²) in [5.41, 5.74) is -3.38. The van der Waals surface area contributed by atoms with E-state index >= 15 is 0 Å². The number of fused-ring (bicyclic) bond motifs is 2. The predicted molar refractivity (Wildman–Crippen MR) is 90.4 cm³/mol. The van der Waals surface area contributed by atoms with Crippen LogP contribution in [0.5, 0.6) is 11.5 Å². The molecule has 1 aromatic carbocycles. The molecule has 0 saturated carbocycles. The predicted octanol–water partition coefficient (Wildman–Crippen LogP) is 3.13. The van der Waals surface area contributed by atoms with Gasteiger partial charge in [-0.05, 0) is 30.5 Å². The maximum absolute atomic E-state index is 12.9. The third kappa shape index (κ3) is 3.15. The van der Waals surface area contributed by atoms with E-state index in [2.05, 4.69) is 0 Å². The number of ketones is 1. The summed E-state index contributed by atoms with van der Waals surface area (Å²) in [7, 11) is 1.34. The molecule has 0 fully saturated rings. The Morgan fingerprint density at radius 1 is 1.33 bits per heavy atom. The number of thiophene rings is 1. The maximum atomic E-state index is 12.9. The summed E-state index contributed by atoms with van der Waals surface area (Å²) < 4.78 is 49.5. The molecule has 0 spiro atoms. The third-order valence-electron chi connectivity index (χ3n) is 4.14. The number of carbonyl (C=O) groups excluding carboxylic acids is 2. The fourth-order valence-corrected chi connectivity index (χ4v) is 3.34. The maximum Gasteiger partial charge on any atom is 0.426 e.